The summed E-state index contributed by atoms with van der Waals surface area (Å²) in [6.07, 6.45) is 8.95. The van der Waals surface area contributed by atoms with E-state index in [4.69, 9.17) is 0 Å². The van der Waals surface area contributed by atoms with E-state index in [9.17, 15) is 9.90 Å². The predicted octanol–water partition coefficient (Wildman–Crippen LogP) is 1.80. The van der Waals surface area contributed by atoms with Gasteiger partial charge in [-0.15, -0.1) is 0 Å². The summed E-state index contributed by atoms with van der Waals surface area (Å²) in [6.45, 7) is 1.71. The molecule has 1 aliphatic heterocycles. The van der Waals surface area contributed by atoms with Gasteiger partial charge in [-0.2, -0.15) is 0 Å². The van der Waals surface area contributed by atoms with Crippen LogP contribution in [0, 0.1) is 11.3 Å². The van der Waals surface area contributed by atoms with Crippen LogP contribution in [-0.4, -0.2) is 24.2 Å². The lowest BCUT2D eigenvalue weighted by Crippen LogP contribution is -2.43. The van der Waals surface area contributed by atoms with Gasteiger partial charge in [-0.25, -0.2) is 0 Å². The van der Waals surface area contributed by atoms with Crippen LogP contribution in [0.25, 0.3) is 0 Å². The summed E-state index contributed by atoms with van der Waals surface area (Å²) in [5.74, 6) is -0.0184. The number of hydrogen-bond acceptors (Lipinski definition) is 2. The van der Waals surface area contributed by atoms with Crippen molar-refractivity contribution in [3.8, 4) is 0 Å². The Bertz CT molecular complexity index is 259. The van der Waals surface area contributed by atoms with Crippen molar-refractivity contribution < 1.29 is 9.90 Å². The van der Waals surface area contributed by atoms with Crippen molar-refractivity contribution in [1.82, 2.24) is 5.32 Å². The molecule has 0 atom stereocenters. The van der Waals surface area contributed by atoms with Gasteiger partial charge in [0.05, 0.1) is 5.41 Å². The number of hydrogen-bond donors (Lipinski definition) is 2. The minimum atomic E-state index is -0.587. The Morgan fingerprint density at radius 3 is 2.47 bits per heavy atom. The van der Waals surface area contributed by atoms with E-state index >= 15 is 0 Å². The van der Waals surface area contributed by atoms with Crippen LogP contribution >= 0.6 is 0 Å². The van der Waals surface area contributed by atoms with Gasteiger partial charge in [0, 0.05) is 0 Å². The molecule has 1 fully saturated rings. The first-order chi connectivity index (χ1) is 7.23. The highest BCUT2D eigenvalue weighted by Gasteiger charge is 2.41. The number of nitrogens with one attached hydrogen (secondary N) is 1. The van der Waals surface area contributed by atoms with Crippen LogP contribution in [0.4, 0.5) is 0 Å². The molecule has 0 unspecified atom stereocenters. The molecule has 0 saturated carbocycles. The van der Waals surface area contributed by atoms with Crippen LogP contribution < -0.4 is 5.32 Å². The summed E-state index contributed by atoms with van der Waals surface area (Å²) in [5, 5.41) is 12.6. The molecule has 0 aromatic heterocycles. The fraction of sp³-hybridized carbons (Fsp3) is 0.750. The third-order valence-electron chi connectivity index (χ3n) is 3.80. The molecule has 0 aromatic rings. The lowest BCUT2D eigenvalue weighted by atomic mass is 9.72. The minimum Gasteiger partial charge on any atom is -0.481 e. The third kappa shape index (κ3) is 2.23. The van der Waals surface area contributed by atoms with Crippen molar-refractivity contribution in [2.45, 2.75) is 32.1 Å². The summed E-state index contributed by atoms with van der Waals surface area (Å²) >= 11 is 0. The number of aliphatic carboxylic acids is 1. The number of carboxylic acids is 1. The van der Waals surface area contributed by atoms with Gasteiger partial charge in [0.2, 0.25) is 0 Å². The van der Waals surface area contributed by atoms with Crippen molar-refractivity contribution in [2.24, 2.45) is 11.3 Å². The van der Waals surface area contributed by atoms with Crippen molar-refractivity contribution >= 4 is 5.97 Å². The Morgan fingerprint density at radius 2 is 1.93 bits per heavy atom. The van der Waals surface area contributed by atoms with Crippen molar-refractivity contribution in [2.75, 3.05) is 13.1 Å². The number of rotatable bonds is 3. The average molecular weight is 209 g/mol. The Kier molecular flexibility index (Phi) is 3.10. The minimum absolute atomic E-state index is 0.443. The fourth-order valence-corrected chi connectivity index (χ4v) is 2.80. The quantitative estimate of drug-likeness (QED) is 0.697. The van der Waals surface area contributed by atoms with Gasteiger partial charge in [-0.05, 0) is 51.1 Å². The molecule has 0 amide bonds. The highest BCUT2D eigenvalue weighted by Crippen LogP contribution is 2.39. The summed E-state index contributed by atoms with van der Waals surface area (Å²) in [4.78, 5) is 11.4. The van der Waals surface area contributed by atoms with Gasteiger partial charge >= 0.3 is 5.97 Å². The number of allylic oxidation sites excluding steroid dienone is 2. The molecule has 0 spiro atoms. The molecule has 2 aliphatic rings. The topological polar surface area (TPSA) is 49.3 Å². The van der Waals surface area contributed by atoms with E-state index in [1.807, 2.05) is 0 Å². The molecule has 2 N–H and O–H groups in total. The number of carboxylic acid groups (broad SMARTS) is 1. The Morgan fingerprint density at radius 1 is 1.33 bits per heavy atom. The molecular weight excluding hydrogens is 190 g/mol. The predicted molar refractivity (Wildman–Crippen MR) is 58.7 cm³/mol. The lowest BCUT2D eigenvalue weighted by Gasteiger charge is -2.35. The van der Waals surface area contributed by atoms with E-state index in [1.54, 1.807) is 0 Å². The molecule has 3 heteroatoms. The molecule has 0 radical (unpaired) electrons. The van der Waals surface area contributed by atoms with Crippen LogP contribution in [-0.2, 0) is 4.79 Å². The normalized spacial score (nSPS) is 25.6. The van der Waals surface area contributed by atoms with Crippen LogP contribution in [0.3, 0.4) is 0 Å². The number of piperidine rings is 1. The van der Waals surface area contributed by atoms with Crippen LogP contribution in [0.15, 0.2) is 12.2 Å². The van der Waals surface area contributed by atoms with Crippen molar-refractivity contribution in [3.05, 3.63) is 12.2 Å². The van der Waals surface area contributed by atoms with Gasteiger partial charge in [0.15, 0.2) is 0 Å². The summed E-state index contributed by atoms with van der Waals surface area (Å²) in [6, 6.07) is 0. The summed E-state index contributed by atoms with van der Waals surface area (Å²) in [7, 11) is 0. The van der Waals surface area contributed by atoms with Gasteiger partial charge in [0.1, 0.15) is 0 Å². The van der Waals surface area contributed by atoms with Crippen LogP contribution in [0.1, 0.15) is 32.1 Å². The third-order valence-corrected chi connectivity index (χ3v) is 3.80. The van der Waals surface area contributed by atoms with E-state index in [1.165, 1.54) is 0 Å². The SMILES string of the molecule is O=C(O)C1(CC2CC=CC2)CCNCC1. The van der Waals surface area contributed by atoms with Gasteiger partial charge in [0.25, 0.3) is 0 Å². The maximum absolute atomic E-state index is 11.4. The second kappa shape index (κ2) is 4.35. The molecule has 84 valence electrons. The zero-order valence-corrected chi connectivity index (χ0v) is 9.04. The van der Waals surface area contributed by atoms with E-state index in [-0.39, 0.29) is 0 Å². The highest BCUT2D eigenvalue weighted by molar-refractivity contribution is 5.74. The zero-order valence-electron chi connectivity index (χ0n) is 9.04. The van der Waals surface area contributed by atoms with Gasteiger partial charge in [-0.3, -0.25) is 4.79 Å². The van der Waals surface area contributed by atoms with E-state index in [0.29, 0.717) is 5.92 Å². The first-order valence-electron chi connectivity index (χ1n) is 5.82. The Hall–Kier alpha value is -0.830. The van der Waals surface area contributed by atoms with E-state index in [2.05, 4.69) is 17.5 Å². The standard InChI is InChI=1S/C12H19NO2/c14-11(15)12(5-7-13-8-6-12)9-10-3-1-2-4-10/h1-2,10,13H,3-9H2,(H,14,15). The summed E-state index contributed by atoms with van der Waals surface area (Å²) in [5.41, 5.74) is -0.443. The number of carbonyl (C=O) groups is 1. The van der Waals surface area contributed by atoms with Crippen LogP contribution in [0.5, 0.6) is 0 Å². The largest absolute Gasteiger partial charge is 0.481 e. The van der Waals surface area contributed by atoms with Crippen molar-refractivity contribution in [3.63, 3.8) is 0 Å². The Labute approximate surface area is 90.6 Å². The molecule has 0 aromatic carbocycles. The van der Waals surface area contributed by atoms with E-state index in [0.717, 1.165) is 45.2 Å². The average Bonchev–Trinajstić information content (AvgIpc) is 2.71. The fourth-order valence-electron chi connectivity index (χ4n) is 2.80. The molecule has 1 aliphatic carbocycles. The molecule has 3 nitrogen and oxygen atoms in total. The maximum Gasteiger partial charge on any atom is 0.309 e. The first-order valence-corrected chi connectivity index (χ1v) is 5.82. The smallest absolute Gasteiger partial charge is 0.309 e. The molecule has 1 heterocycles. The second-order valence-corrected chi connectivity index (χ2v) is 4.85. The lowest BCUT2D eigenvalue weighted by molar-refractivity contribution is -0.152. The van der Waals surface area contributed by atoms with E-state index < -0.39 is 11.4 Å². The van der Waals surface area contributed by atoms with Crippen molar-refractivity contribution in [1.29, 1.82) is 0 Å². The molecule has 15 heavy (non-hydrogen) atoms. The molecule has 0 bridgehead atoms. The Balaban J connectivity index is 2.01. The van der Waals surface area contributed by atoms with Crippen LogP contribution in [0.2, 0.25) is 0 Å². The maximum atomic E-state index is 11.4. The molecule has 2 rings (SSSR count). The summed E-state index contributed by atoms with van der Waals surface area (Å²) < 4.78 is 0. The first kappa shape index (κ1) is 10.7. The second-order valence-electron chi connectivity index (χ2n) is 4.85. The highest BCUT2D eigenvalue weighted by atomic mass is 16.4. The molecule has 1 saturated heterocycles. The zero-order chi connectivity index (χ0) is 10.7. The van der Waals surface area contributed by atoms with Gasteiger partial charge in [-0.1, -0.05) is 12.2 Å². The molecular formula is C12H19NO2. The monoisotopic (exact) mass is 209 g/mol. The van der Waals surface area contributed by atoms with Gasteiger partial charge < -0.3 is 10.4 Å².